The maximum atomic E-state index is 12.4. The second kappa shape index (κ2) is 6.79. The molecule has 20 heavy (non-hydrogen) atoms. The summed E-state index contributed by atoms with van der Waals surface area (Å²) in [6.07, 6.45) is 2.57. The van der Waals surface area contributed by atoms with Crippen LogP contribution >= 0.6 is 23.2 Å². The van der Waals surface area contributed by atoms with Gasteiger partial charge in [0.1, 0.15) is 0 Å². The van der Waals surface area contributed by atoms with Crippen LogP contribution < -0.4 is 0 Å². The topological polar surface area (TPSA) is 40.5 Å². The molecule has 3 nitrogen and oxygen atoms in total. The van der Waals surface area contributed by atoms with Crippen molar-refractivity contribution < 1.29 is 9.90 Å². The van der Waals surface area contributed by atoms with E-state index in [0.29, 0.717) is 22.9 Å². The number of rotatable bonds is 4. The van der Waals surface area contributed by atoms with E-state index in [-0.39, 0.29) is 18.1 Å². The summed E-state index contributed by atoms with van der Waals surface area (Å²) in [5.74, 6) is 0.0894. The minimum Gasteiger partial charge on any atom is -0.393 e. The van der Waals surface area contributed by atoms with Crippen molar-refractivity contribution in [2.45, 2.75) is 44.8 Å². The standard InChI is InChI=1S/C15H19Cl2NO2/c1-10(19)7-12-3-2-6-18(12)15(20)9-11-4-5-13(16)14(17)8-11/h4-5,8,10,12,19H,2-3,6-7,9H2,1H3. The Morgan fingerprint density at radius 2 is 2.20 bits per heavy atom. The van der Waals surface area contributed by atoms with Gasteiger partial charge in [-0.2, -0.15) is 0 Å². The van der Waals surface area contributed by atoms with Crippen molar-refractivity contribution >= 4 is 29.1 Å². The Morgan fingerprint density at radius 3 is 2.85 bits per heavy atom. The lowest BCUT2D eigenvalue weighted by atomic mass is 10.1. The number of amides is 1. The predicted octanol–water partition coefficient (Wildman–Crippen LogP) is 3.30. The highest BCUT2D eigenvalue weighted by Gasteiger charge is 2.29. The molecule has 1 aromatic carbocycles. The summed E-state index contributed by atoms with van der Waals surface area (Å²) in [6, 6.07) is 5.43. The van der Waals surface area contributed by atoms with E-state index in [2.05, 4.69) is 0 Å². The third-order valence-corrected chi connectivity index (χ3v) is 4.39. The van der Waals surface area contributed by atoms with Gasteiger partial charge in [0.15, 0.2) is 0 Å². The molecule has 2 atom stereocenters. The van der Waals surface area contributed by atoms with Gasteiger partial charge in [-0.15, -0.1) is 0 Å². The van der Waals surface area contributed by atoms with E-state index in [1.165, 1.54) is 0 Å². The molecule has 1 amide bonds. The summed E-state index contributed by atoms with van der Waals surface area (Å²) in [4.78, 5) is 14.3. The van der Waals surface area contributed by atoms with Gasteiger partial charge in [-0.1, -0.05) is 29.3 Å². The van der Waals surface area contributed by atoms with Crippen LogP contribution in [0.5, 0.6) is 0 Å². The minimum absolute atomic E-state index is 0.0894. The van der Waals surface area contributed by atoms with Crippen molar-refractivity contribution in [3.8, 4) is 0 Å². The zero-order chi connectivity index (χ0) is 14.7. The van der Waals surface area contributed by atoms with Crippen LogP contribution in [0.4, 0.5) is 0 Å². The van der Waals surface area contributed by atoms with Crippen molar-refractivity contribution in [1.82, 2.24) is 4.90 Å². The van der Waals surface area contributed by atoms with E-state index in [1.807, 2.05) is 11.0 Å². The second-order valence-electron chi connectivity index (χ2n) is 5.39. The van der Waals surface area contributed by atoms with Gasteiger partial charge in [0.05, 0.1) is 22.6 Å². The number of halogens is 2. The second-order valence-corrected chi connectivity index (χ2v) is 6.21. The number of aliphatic hydroxyl groups excluding tert-OH is 1. The van der Waals surface area contributed by atoms with Gasteiger partial charge in [0.25, 0.3) is 0 Å². The Balaban J connectivity index is 2.01. The van der Waals surface area contributed by atoms with Gasteiger partial charge in [-0.05, 0) is 43.9 Å². The molecule has 1 aromatic rings. The number of hydrogen-bond acceptors (Lipinski definition) is 2. The molecule has 0 radical (unpaired) electrons. The molecule has 1 saturated heterocycles. The first kappa shape index (κ1) is 15.6. The zero-order valence-corrected chi connectivity index (χ0v) is 13.0. The largest absolute Gasteiger partial charge is 0.393 e. The highest BCUT2D eigenvalue weighted by molar-refractivity contribution is 6.42. The molecule has 2 unspecified atom stereocenters. The number of hydrogen-bond donors (Lipinski definition) is 1. The Morgan fingerprint density at radius 1 is 1.45 bits per heavy atom. The van der Waals surface area contributed by atoms with Crippen LogP contribution in [0.15, 0.2) is 18.2 Å². The van der Waals surface area contributed by atoms with Crippen molar-refractivity contribution in [1.29, 1.82) is 0 Å². The summed E-state index contributed by atoms with van der Waals surface area (Å²) in [6.45, 7) is 2.54. The van der Waals surface area contributed by atoms with Crippen LogP contribution in [0.25, 0.3) is 0 Å². The first-order valence-electron chi connectivity index (χ1n) is 6.89. The maximum absolute atomic E-state index is 12.4. The molecular weight excluding hydrogens is 297 g/mol. The van der Waals surface area contributed by atoms with Gasteiger partial charge in [-0.25, -0.2) is 0 Å². The lowest BCUT2D eigenvalue weighted by Gasteiger charge is -2.25. The summed E-state index contributed by atoms with van der Waals surface area (Å²) in [7, 11) is 0. The fourth-order valence-corrected chi connectivity index (χ4v) is 3.05. The van der Waals surface area contributed by atoms with Crippen LogP contribution in [-0.2, 0) is 11.2 Å². The van der Waals surface area contributed by atoms with Crippen LogP contribution in [0.2, 0.25) is 10.0 Å². The highest BCUT2D eigenvalue weighted by Crippen LogP contribution is 2.25. The predicted molar refractivity (Wildman–Crippen MR) is 81.2 cm³/mol. The monoisotopic (exact) mass is 315 g/mol. The Labute approximate surface area is 129 Å². The Hall–Kier alpha value is -0.770. The van der Waals surface area contributed by atoms with Crippen molar-refractivity contribution in [3.63, 3.8) is 0 Å². The van der Waals surface area contributed by atoms with Crippen LogP contribution in [-0.4, -0.2) is 34.6 Å². The van der Waals surface area contributed by atoms with Gasteiger partial charge >= 0.3 is 0 Å². The van der Waals surface area contributed by atoms with Crippen LogP contribution in [0.3, 0.4) is 0 Å². The van der Waals surface area contributed by atoms with Gasteiger partial charge in [0, 0.05) is 12.6 Å². The fraction of sp³-hybridized carbons (Fsp3) is 0.533. The Kier molecular flexibility index (Phi) is 5.30. The number of benzene rings is 1. The molecular formula is C15H19Cl2NO2. The molecule has 2 rings (SSSR count). The number of carbonyl (C=O) groups excluding carboxylic acids is 1. The van der Waals surface area contributed by atoms with E-state index in [4.69, 9.17) is 23.2 Å². The smallest absolute Gasteiger partial charge is 0.227 e. The normalized spacial score (nSPS) is 20.2. The van der Waals surface area contributed by atoms with Crippen LogP contribution in [0, 0.1) is 0 Å². The number of likely N-dealkylation sites (tertiary alicyclic amines) is 1. The molecule has 110 valence electrons. The average molecular weight is 316 g/mol. The van der Waals surface area contributed by atoms with E-state index >= 15 is 0 Å². The molecule has 1 aliphatic rings. The lowest BCUT2D eigenvalue weighted by molar-refractivity contribution is -0.131. The van der Waals surface area contributed by atoms with Crippen molar-refractivity contribution in [2.24, 2.45) is 0 Å². The van der Waals surface area contributed by atoms with Crippen molar-refractivity contribution in [3.05, 3.63) is 33.8 Å². The van der Waals surface area contributed by atoms with Crippen LogP contribution in [0.1, 0.15) is 31.7 Å². The lowest BCUT2D eigenvalue weighted by Crippen LogP contribution is -2.38. The van der Waals surface area contributed by atoms with Gasteiger partial charge < -0.3 is 10.0 Å². The number of carbonyl (C=O) groups is 1. The number of nitrogens with zero attached hydrogens (tertiary/aromatic N) is 1. The first-order chi connectivity index (χ1) is 9.47. The molecule has 0 aromatic heterocycles. The average Bonchev–Trinajstić information content (AvgIpc) is 2.81. The van der Waals surface area contributed by atoms with E-state index in [0.717, 1.165) is 24.9 Å². The molecule has 0 spiro atoms. The summed E-state index contributed by atoms with van der Waals surface area (Å²) < 4.78 is 0. The third-order valence-electron chi connectivity index (χ3n) is 3.65. The minimum atomic E-state index is -0.377. The summed E-state index contributed by atoms with van der Waals surface area (Å²) in [5.41, 5.74) is 0.868. The molecule has 1 aliphatic heterocycles. The Bertz CT molecular complexity index is 491. The highest BCUT2D eigenvalue weighted by atomic mass is 35.5. The van der Waals surface area contributed by atoms with Gasteiger partial charge in [-0.3, -0.25) is 4.79 Å². The molecule has 5 heteroatoms. The molecule has 1 N–H and O–H groups in total. The fourth-order valence-electron chi connectivity index (χ4n) is 2.73. The third kappa shape index (κ3) is 3.87. The van der Waals surface area contributed by atoms with E-state index < -0.39 is 0 Å². The molecule has 0 bridgehead atoms. The number of aliphatic hydroxyl groups is 1. The molecule has 0 aliphatic carbocycles. The first-order valence-corrected chi connectivity index (χ1v) is 7.64. The SMILES string of the molecule is CC(O)CC1CCCN1C(=O)Cc1ccc(Cl)c(Cl)c1. The maximum Gasteiger partial charge on any atom is 0.227 e. The molecule has 0 saturated carbocycles. The van der Waals surface area contributed by atoms with Crippen molar-refractivity contribution in [2.75, 3.05) is 6.54 Å². The zero-order valence-electron chi connectivity index (χ0n) is 11.5. The molecule has 1 fully saturated rings. The summed E-state index contributed by atoms with van der Waals surface area (Å²) in [5, 5.41) is 10.5. The quantitative estimate of drug-likeness (QED) is 0.926. The van der Waals surface area contributed by atoms with E-state index in [9.17, 15) is 9.90 Å². The summed E-state index contributed by atoms with van der Waals surface area (Å²) >= 11 is 11.8. The van der Waals surface area contributed by atoms with Gasteiger partial charge in [0.2, 0.25) is 5.91 Å². The van der Waals surface area contributed by atoms with E-state index in [1.54, 1.807) is 19.1 Å². The molecule has 1 heterocycles.